The van der Waals surface area contributed by atoms with Crippen molar-refractivity contribution >= 4 is 11.7 Å². The van der Waals surface area contributed by atoms with E-state index in [0.717, 1.165) is 44.2 Å². The molecule has 0 bridgehead atoms. The Balaban J connectivity index is 1.97. The highest BCUT2D eigenvalue weighted by atomic mass is 16.3. The molecule has 0 spiro atoms. The molecule has 0 heterocycles. The monoisotopic (exact) mass is 305 g/mol. The highest BCUT2D eigenvalue weighted by molar-refractivity contribution is 5.76. The Hall–Kier alpha value is -1.84. The van der Waals surface area contributed by atoms with E-state index in [2.05, 4.69) is 5.32 Å². The number of nitrogens with one attached hydrogen (secondary N) is 1. The average molecular weight is 305 g/mol. The minimum Gasteiger partial charge on any atom is -0.508 e. The number of amides is 1. The number of aryl methyl sites for hydroxylation is 1. The predicted molar refractivity (Wildman–Crippen MR) is 87.8 cm³/mol. The number of phenols is 1. The van der Waals surface area contributed by atoms with Gasteiger partial charge in [0.15, 0.2) is 0 Å². The minimum absolute atomic E-state index is 0.0738. The maximum absolute atomic E-state index is 11.7. The molecule has 4 nitrogen and oxygen atoms in total. The molecule has 0 aromatic heterocycles. The zero-order valence-electron chi connectivity index (χ0n) is 13.4. The molecule has 0 unspecified atom stereocenters. The van der Waals surface area contributed by atoms with Crippen molar-refractivity contribution in [3.63, 3.8) is 0 Å². The summed E-state index contributed by atoms with van der Waals surface area (Å²) in [5, 5.41) is 12.1. The largest absolute Gasteiger partial charge is 0.508 e. The number of hydrogen-bond acceptors (Lipinski definition) is 3. The van der Waals surface area contributed by atoms with Crippen molar-refractivity contribution in [2.24, 2.45) is 0 Å². The number of phenolic OH excluding ortho intramolecular Hbond substituents is 1. The van der Waals surface area contributed by atoms with Gasteiger partial charge in [0.25, 0.3) is 0 Å². The van der Waals surface area contributed by atoms with Crippen molar-refractivity contribution in [3.05, 3.63) is 29.8 Å². The van der Waals surface area contributed by atoms with Crippen LogP contribution in [0.4, 0.5) is 0 Å². The highest BCUT2D eigenvalue weighted by Gasteiger charge is 2.02. The van der Waals surface area contributed by atoms with Gasteiger partial charge >= 0.3 is 0 Å². The van der Waals surface area contributed by atoms with E-state index in [-0.39, 0.29) is 17.4 Å². The quantitative estimate of drug-likeness (QED) is 0.616. The zero-order chi connectivity index (χ0) is 16.2. The summed E-state index contributed by atoms with van der Waals surface area (Å²) in [4.78, 5) is 22.5. The Morgan fingerprint density at radius 3 is 2.27 bits per heavy atom. The predicted octanol–water partition coefficient (Wildman–Crippen LogP) is 3.37. The normalized spacial score (nSPS) is 10.4. The van der Waals surface area contributed by atoms with Crippen molar-refractivity contribution in [2.45, 2.75) is 58.3 Å². The number of unbranched alkanes of at least 4 members (excludes halogenated alkanes) is 4. The van der Waals surface area contributed by atoms with Gasteiger partial charge in [-0.05, 0) is 43.9 Å². The van der Waals surface area contributed by atoms with Crippen molar-refractivity contribution in [1.29, 1.82) is 0 Å². The molecule has 1 rings (SSSR count). The third-order valence-electron chi connectivity index (χ3n) is 3.60. The Morgan fingerprint density at radius 2 is 1.59 bits per heavy atom. The van der Waals surface area contributed by atoms with E-state index in [0.29, 0.717) is 19.3 Å². The Labute approximate surface area is 132 Å². The summed E-state index contributed by atoms with van der Waals surface area (Å²) in [6.45, 7) is 2.36. The molecule has 0 atom stereocenters. The van der Waals surface area contributed by atoms with E-state index in [4.69, 9.17) is 0 Å². The van der Waals surface area contributed by atoms with Gasteiger partial charge in [0, 0.05) is 19.4 Å². The maximum atomic E-state index is 11.7. The summed E-state index contributed by atoms with van der Waals surface area (Å²) < 4.78 is 0. The van der Waals surface area contributed by atoms with Crippen LogP contribution in [0.3, 0.4) is 0 Å². The van der Waals surface area contributed by atoms with Crippen LogP contribution >= 0.6 is 0 Å². The lowest BCUT2D eigenvalue weighted by atomic mass is 10.1. The summed E-state index contributed by atoms with van der Waals surface area (Å²) >= 11 is 0. The standard InChI is InChI=1S/C18H27NO3/c1-15(20)7-5-3-2-4-6-14-19-18(22)13-10-16-8-11-17(21)12-9-16/h8-9,11-12,21H,2-7,10,13-14H2,1H3,(H,19,22). The first-order chi connectivity index (χ1) is 10.6. The SMILES string of the molecule is CC(=O)CCCCCCCNC(=O)CCc1ccc(O)cc1. The van der Waals surface area contributed by atoms with Gasteiger partial charge in [-0.25, -0.2) is 0 Å². The van der Waals surface area contributed by atoms with E-state index in [1.807, 2.05) is 12.1 Å². The second kappa shape index (κ2) is 10.8. The molecule has 22 heavy (non-hydrogen) atoms. The molecule has 4 heteroatoms. The minimum atomic E-state index is 0.0738. The fraction of sp³-hybridized carbons (Fsp3) is 0.556. The van der Waals surface area contributed by atoms with E-state index in [1.165, 1.54) is 0 Å². The smallest absolute Gasteiger partial charge is 0.220 e. The molecule has 0 saturated carbocycles. The first-order valence-electron chi connectivity index (χ1n) is 8.12. The first-order valence-corrected chi connectivity index (χ1v) is 8.12. The van der Waals surface area contributed by atoms with Crippen molar-refractivity contribution < 1.29 is 14.7 Å². The molecule has 0 fully saturated rings. The van der Waals surface area contributed by atoms with Crippen LogP contribution in [0.5, 0.6) is 5.75 Å². The molecular weight excluding hydrogens is 278 g/mol. The fourth-order valence-electron chi connectivity index (χ4n) is 2.27. The number of aromatic hydroxyl groups is 1. The summed E-state index contributed by atoms with van der Waals surface area (Å²) in [5.41, 5.74) is 1.05. The topological polar surface area (TPSA) is 66.4 Å². The lowest BCUT2D eigenvalue weighted by Gasteiger charge is -2.05. The molecular formula is C18H27NO3. The first kappa shape index (κ1) is 18.2. The van der Waals surface area contributed by atoms with Crippen LogP contribution < -0.4 is 5.32 Å². The van der Waals surface area contributed by atoms with Gasteiger partial charge in [-0.1, -0.05) is 31.4 Å². The van der Waals surface area contributed by atoms with Crippen LogP contribution in [-0.2, 0) is 16.0 Å². The summed E-state index contributed by atoms with van der Waals surface area (Å²) in [6.07, 6.45) is 7.13. The van der Waals surface area contributed by atoms with Crippen LogP contribution in [-0.4, -0.2) is 23.3 Å². The molecule has 1 amide bonds. The summed E-state index contributed by atoms with van der Waals surface area (Å²) in [5.74, 6) is 0.585. The lowest BCUT2D eigenvalue weighted by molar-refractivity contribution is -0.121. The second-order valence-corrected chi connectivity index (χ2v) is 5.74. The zero-order valence-corrected chi connectivity index (χ0v) is 13.4. The van der Waals surface area contributed by atoms with Gasteiger partial charge in [-0.3, -0.25) is 4.79 Å². The molecule has 0 radical (unpaired) electrons. The Morgan fingerprint density at radius 1 is 0.955 bits per heavy atom. The molecule has 0 saturated heterocycles. The number of ketones is 1. The van der Waals surface area contributed by atoms with Gasteiger partial charge in [-0.15, -0.1) is 0 Å². The van der Waals surface area contributed by atoms with Crippen LogP contribution in [0.2, 0.25) is 0 Å². The van der Waals surface area contributed by atoms with Crippen molar-refractivity contribution in [3.8, 4) is 5.75 Å². The van der Waals surface area contributed by atoms with Crippen LogP contribution in [0.15, 0.2) is 24.3 Å². The highest BCUT2D eigenvalue weighted by Crippen LogP contribution is 2.11. The molecule has 122 valence electrons. The second-order valence-electron chi connectivity index (χ2n) is 5.74. The molecule has 0 aliphatic rings. The number of carbonyl (C=O) groups excluding carboxylic acids is 2. The average Bonchev–Trinajstić information content (AvgIpc) is 2.49. The van der Waals surface area contributed by atoms with Crippen LogP contribution in [0.25, 0.3) is 0 Å². The maximum Gasteiger partial charge on any atom is 0.220 e. The third-order valence-corrected chi connectivity index (χ3v) is 3.60. The summed E-state index contributed by atoms with van der Waals surface area (Å²) in [6, 6.07) is 6.95. The fourth-order valence-corrected chi connectivity index (χ4v) is 2.27. The van der Waals surface area contributed by atoms with Gasteiger partial charge in [0.1, 0.15) is 11.5 Å². The van der Waals surface area contributed by atoms with Gasteiger partial charge in [-0.2, -0.15) is 0 Å². The lowest BCUT2D eigenvalue weighted by Crippen LogP contribution is -2.24. The number of hydrogen-bond donors (Lipinski definition) is 2. The number of benzene rings is 1. The number of carbonyl (C=O) groups is 2. The van der Waals surface area contributed by atoms with Crippen molar-refractivity contribution in [1.82, 2.24) is 5.32 Å². The Bertz CT molecular complexity index is 454. The van der Waals surface area contributed by atoms with E-state index in [1.54, 1.807) is 19.1 Å². The van der Waals surface area contributed by atoms with E-state index >= 15 is 0 Å². The summed E-state index contributed by atoms with van der Waals surface area (Å²) in [7, 11) is 0. The number of rotatable bonds is 11. The van der Waals surface area contributed by atoms with Crippen LogP contribution in [0, 0.1) is 0 Å². The number of Topliss-reactive ketones (excluding diaryl/α,β-unsaturated/α-hetero) is 1. The van der Waals surface area contributed by atoms with Gasteiger partial charge < -0.3 is 15.2 Å². The molecule has 1 aromatic carbocycles. The third kappa shape index (κ3) is 9.16. The molecule has 1 aromatic rings. The molecule has 0 aliphatic carbocycles. The van der Waals surface area contributed by atoms with Gasteiger partial charge in [0.2, 0.25) is 5.91 Å². The molecule has 0 aliphatic heterocycles. The van der Waals surface area contributed by atoms with Crippen LogP contribution in [0.1, 0.15) is 57.4 Å². The van der Waals surface area contributed by atoms with E-state index in [9.17, 15) is 14.7 Å². The van der Waals surface area contributed by atoms with E-state index < -0.39 is 0 Å². The van der Waals surface area contributed by atoms with Gasteiger partial charge in [0.05, 0.1) is 0 Å². The molecule has 2 N–H and O–H groups in total. The Kier molecular flexibility index (Phi) is 8.96. The van der Waals surface area contributed by atoms with Crippen molar-refractivity contribution in [2.75, 3.05) is 6.54 Å².